The molecule has 0 fully saturated rings. The lowest BCUT2D eigenvalue weighted by Gasteiger charge is -2.16. The Balaban J connectivity index is 1.34. The summed E-state index contributed by atoms with van der Waals surface area (Å²) >= 11 is 1.34. The standard InChI is InChI=1S/C32H38N2O8S/c1-18(31(37)38)9-25(35)29-14-21-12-24(27(42-4)15-28(21)43-29)33-8-6-5-7-20-11-22-16-34(17-23(22)13-26(20)41-3)30(36)10-19(2)32(39)40/h11-15,18-19,33H,5-10,16-17H2,1-4H3,(H,37,38)(H,39,40)/t18-,19-/m0/s1. The highest BCUT2D eigenvalue weighted by molar-refractivity contribution is 7.20. The number of Topliss-reactive ketones (excluding diaryl/α,β-unsaturated/α-hetero) is 1. The van der Waals surface area contributed by atoms with Gasteiger partial charge >= 0.3 is 11.9 Å². The molecule has 10 nitrogen and oxygen atoms in total. The van der Waals surface area contributed by atoms with Crippen molar-refractivity contribution in [1.29, 1.82) is 0 Å². The second kappa shape index (κ2) is 13.9. The number of amides is 1. The molecule has 0 saturated heterocycles. The fourth-order valence-electron chi connectivity index (χ4n) is 5.16. The molecule has 1 amide bonds. The minimum absolute atomic E-state index is 0.0181. The number of carboxylic acid groups (broad SMARTS) is 2. The van der Waals surface area contributed by atoms with E-state index in [1.807, 2.05) is 24.3 Å². The largest absolute Gasteiger partial charge is 0.496 e. The van der Waals surface area contributed by atoms with Crippen molar-refractivity contribution in [2.24, 2.45) is 11.8 Å². The van der Waals surface area contributed by atoms with Gasteiger partial charge in [0.15, 0.2) is 5.78 Å². The number of hydrogen-bond donors (Lipinski definition) is 3. The molecule has 3 aromatic rings. The van der Waals surface area contributed by atoms with E-state index in [-0.39, 0.29) is 24.5 Å². The van der Waals surface area contributed by atoms with E-state index in [2.05, 4.69) is 11.4 Å². The fourth-order valence-corrected chi connectivity index (χ4v) is 6.18. The van der Waals surface area contributed by atoms with Crippen LogP contribution in [-0.4, -0.2) is 59.5 Å². The van der Waals surface area contributed by atoms with Crippen LogP contribution >= 0.6 is 11.3 Å². The summed E-state index contributed by atoms with van der Waals surface area (Å²) in [6, 6.07) is 9.74. The van der Waals surface area contributed by atoms with E-state index in [0.29, 0.717) is 30.3 Å². The van der Waals surface area contributed by atoms with Crippen LogP contribution in [0.4, 0.5) is 5.69 Å². The highest BCUT2D eigenvalue weighted by Crippen LogP contribution is 2.36. The zero-order valence-electron chi connectivity index (χ0n) is 24.9. The molecule has 0 unspecified atom stereocenters. The molecular weight excluding hydrogens is 572 g/mol. The number of nitrogens with one attached hydrogen (secondary N) is 1. The van der Waals surface area contributed by atoms with Gasteiger partial charge in [0.25, 0.3) is 0 Å². The maximum atomic E-state index is 12.6. The van der Waals surface area contributed by atoms with Crippen molar-refractivity contribution in [2.45, 2.75) is 59.0 Å². The summed E-state index contributed by atoms with van der Waals surface area (Å²) in [5, 5.41) is 22.6. The Hall–Kier alpha value is -4.12. The first kappa shape index (κ1) is 31.8. The lowest BCUT2D eigenvalue weighted by Crippen LogP contribution is -2.28. The predicted molar refractivity (Wildman–Crippen MR) is 164 cm³/mol. The van der Waals surface area contributed by atoms with Gasteiger partial charge in [-0.25, -0.2) is 0 Å². The van der Waals surface area contributed by atoms with Crippen molar-refractivity contribution < 1.29 is 38.9 Å². The van der Waals surface area contributed by atoms with E-state index in [9.17, 15) is 19.2 Å². The van der Waals surface area contributed by atoms with Crippen molar-refractivity contribution in [2.75, 3.05) is 26.1 Å². The molecule has 0 aliphatic carbocycles. The lowest BCUT2D eigenvalue weighted by molar-refractivity contribution is -0.145. The first-order valence-corrected chi connectivity index (χ1v) is 15.1. The smallest absolute Gasteiger partial charge is 0.306 e. The molecule has 4 rings (SSSR count). The van der Waals surface area contributed by atoms with Gasteiger partial charge in [0.05, 0.1) is 36.6 Å². The third-order valence-corrected chi connectivity index (χ3v) is 8.93. The van der Waals surface area contributed by atoms with E-state index >= 15 is 0 Å². The minimum atomic E-state index is -0.986. The number of nitrogens with zero attached hydrogens (tertiary/aromatic N) is 1. The summed E-state index contributed by atoms with van der Waals surface area (Å²) in [5.74, 6) is -2.30. The van der Waals surface area contributed by atoms with Crippen LogP contribution in [0.3, 0.4) is 0 Å². The minimum Gasteiger partial charge on any atom is -0.496 e. The van der Waals surface area contributed by atoms with E-state index in [4.69, 9.17) is 19.7 Å². The molecule has 230 valence electrons. The van der Waals surface area contributed by atoms with Crippen LogP contribution in [0.15, 0.2) is 30.3 Å². The van der Waals surface area contributed by atoms with Crippen LogP contribution < -0.4 is 14.8 Å². The monoisotopic (exact) mass is 610 g/mol. The SMILES string of the molecule is COc1cc2c(cc1CCCCNc1cc3cc(C(=O)C[C@H](C)C(=O)O)sc3cc1OC)CN(C(=O)C[C@H](C)C(=O)O)C2. The number of ether oxygens (including phenoxy) is 2. The Morgan fingerprint density at radius 1 is 0.884 bits per heavy atom. The summed E-state index contributed by atoms with van der Waals surface area (Å²) in [7, 11) is 3.24. The molecule has 0 saturated carbocycles. The Morgan fingerprint density at radius 2 is 1.53 bits per heavy atom. The number of carbonyl (C=O) groups is 4. The van der Waals surface area contributed by atoms with Crippen molar-refractivity contribution in [3.63, 3.8) is 0 Å². The van der Waals surface area contributed by atoms with Gasteiger partial charge < -0.3 is 29.9 Å². The average molecular weight is 611 g/mol. The average Bonchev–Trinajstić information content (AvgIpc) is 3.59. The Labute approximate surface area is 254 Å². The molecule has 2 atom stereocenters. The number of hydrogen-bond acceptors (Lipinski definition) is 8. The Kier molecular flexibility index (Phi) is 10.3. The van der Waals surface area contributed by atoms with E-state index in [0.717, 1.165) is 57.5 Å². The third-order valence-electron chi connectivity index (χ3n) is 7.79. The van der Waals surface area contributed by atoms with E-state index < -0.39 is 23.8 Å². The van der Waals surface area contributed by atoms with Gasteiger partial charge in [0, 0.05) is 43.2 Å². The second-order valence-electron chi connectivity index (χ2n) is 11.1. The van der Waals surface area contributed by atoms with Crippen LogP contribution in [0.1, 0.15) is 65.9 Å². The number of methoxy groups -OCH3 is 2. The summed E-state index contributed by atoms with van der Waals surface area (Å²) in [6.07, 6.45) is 2.50. The maximum Gasteiger partial charge on any atom is 0.306 e. The van der Waals surface area contributed by atoms with Gasteiger partial charge in [0.2, 0.25) is 5.91 Å². The van der Waals surface area contributed by atoms with Gasteiger partial charge in [-0.3, -0.25) is 19.2 Å². The number of aryl methyl sites for hydroxylation is 1. The number of carbonyl (C=O) groups excluding carboxylic acids is 2. The molecule has 43 heavy (non-hydrogen) atoms. The first-order chi connectivity index (χ1) is 20.5. The molecule has 1 aromatic heterocycles. The molecule has 0 spiro atoms. The number of thiophene rings is 1. The van der Waals surface area contributed by atoms with Crippen molar-refractivity contribution in [3.8, 4) is 11.5 Å². The van der Waals surface area contributed by atoms with Gasteiger partial charge in [0.1, 0.15) is 11.5 Å². The molecule has 0 radical (unpaired) electrons. The quantitative estimate of drug-likeness (QED) is 0.148. The number of ketones is 1. The van der Waals surface area contributed by atoms with Gasteiger partial charge in [-0.1, -0.05) is 13.8 Å². The number of benzene rings is 2. The third kappa shape index (κ3) is 7.64. The summed E-state index contributed by atoms with van der Waals surface area (Å²) in [6.45, 7) is 4.69. The highest BCUT2D eigenvalue weighted by atomic mass is 32.1. The highest BCUT2D eigenvalue weighted by Gasteiger charge is 2.27. The molecular formula is C32H38N2O8S. The van der Waals surface area contributed by atoms with Gasteiger partial charge in [-0.15, -0.1) is 11.3 Å². The van der Waals surface area contributed by atoms with Crippen LogP contribution in [0.2, 0.25) is 0 Å². The number of carboxylic acids is 2. The summed E-state index contributed by atoms with van der Waals surface area (Å²) in [4.78, 5) is 49.7. The molecule has 11 heteroatoms. The molecule has 1 aliphatic rings. The Morgan fingerprint density at radius 3 is 2.19 bits per heavy atom. The molecule has 0 bridgehead atoms. The lowest BCUT2D eigenvalue weighted by atomic mass is 10.0. The second-order valence-corrected chi connectivity index (χ2v) is 12.2. The van der Waals surface area contributed by atoms with Crippen LogP contribution in [-0.2, 0) is 33.9 Å². The van der Waals surface area contributed by atoms with Crippen molar-refractivity contribution in [1.82, 2.24) is 4.90 Å². The van der Waals surface area contributed by atoms with Gasteiger partial charge in [-0.05, 0) is 65.6 Å². The molecule has 3 N–H and O–H groups in total. The topological polar surface area (TPSA) is 142 Å². The van der Waals surface area contributed by atoms with Crippen LogP contribution in [0.5, 0.6) is 11.5 Å². The Bertz CT molecular complexity index is 1530. The number of anilines is 1. The summed E-state index contributed by atoms with van der Waals surface area (Å²) in [5.41, 5.74) is 3.98. The van der Waals surface area contributed by atoms with Crippen LogP contribution in [0, 0.1) is 11.8 Å². The molecule has 2 aromatic carbocycles. The number of fused-ring (bicyclic) bond motifs is 2. The zero-order valence-corrected chi connectivity index (χ0v) is 25.7. The number of rotatable bonds is 15. The van der Waals surface area contributed by atoms with E-state index in [1.54, 1.807) is 26.0 Å². The number of aliphatic carboxylic acids is 2. The number of unbranched alkanes of at least 4 members (excludes halogenated alkanes) is 1. The normalized spacial score (nSPS) is 13.8. The first-order valence-electron chi connectivity index (χ1n) is 14.3. The summed E-state index contributed by atoms with van der Waals surface area (Å²) < 4.78 is 12.1. The fraction of sp³-hybridized carbons (Fsp3) is 0.438. The van der Waals surface area contributed by atoms with Gasteiger partial charge in [-0.2, -0.15) is 0 Å². The van der Waals surface area contributed by atoms with Crippen molar-refractivity contribution in [3.05, 3.63) is 51.9 Å². The van der Waals surface area contributed by atoms with Crippen molar-refractivity contribution >= 4 is 50.7 Å². The zero-order chi connectivity index (χ0) is 31.3. The maximum absolute atomic E-state index is 12.6. The molecule has 1 aliphatic heterocycles. The van der Waals surface area contributed by atoms with Crippen LogP contribution in [0.25, 0.3) is 10.1 Å². The van der Waals surface area contributed by atoms with E-state index in [1.165, 1.54) is 18.3 Å². The predicted octanol–water partition coefficient (Wildman–Crippen LogP) is 5.60. The molecule has 2 heterocycles.